The van der Waals surface area contributed by atoms with Crippen LogP contribution in [0.1, 0.15) is 26.7 Å². The van der Waals surface area contributed by atoms with Crippen molar-refractivity contribution in [1.82, 2.24) is 9.62 Å². The van der Waals surface area contributed by atoms with Crippen molar-refractivity contribution in [1.29, 1.82) is 0 Å². The molecule has 2 rings (SSSR count). The molecule has 1 aromatic rings. The summed E-state index contributed by atoms with van der Waals surface area (Å²) < 4.78 is 38.3. The lowest BCUT2D eigenvalue weighted by atomic mass is 10.2. The molecular formula is C17H28ClN3O5S. The Morgan fingerprint density at radius 3 is 2.56 bits per heavy atom. The van der Waals surface area contributed by atoms with Crippen LogP contribution in [0.3, 0.4) is 0 Å². The minimum atomic E-state index is -3.85. The highest BCUT2D eigenvalue weighted by molar-refractivity contribution is 7.89. The maximum atomic E-state index is 12.5. The molecule has 1 amide bonds. The third kappa shape index (κ3) is 5.97. The summed E-state index contributed by atoms with van der Waals surface area (Å²) in [4.78, 5) is 14.0. The summed E-state index contributed by atoms with van der Waals surface area (Å²) in [6.45, 7) is 5.16. The number of benzene rings is 1. The minimum Gasteiger partial charge on any atom is -0.490 e. The van der Waals surface area contributed by atoms with E-state index in [1.54, 1.807) is 17.9 Å². The van der Waals surface area contributed by atoms with Crippen molar-refractivity contribution < 1.29 is 22.7 Å². The second kappa shape index (κ2) is 10.7. The Morgan fingerprint density at radius 2 is 1.93 bits per heavy atom. The van der Waals surface area contributed by atoms with Crippen molar-refractivity contribution in [2.45, 2.75) is 37.6 Å². The summed E-state index contributed by atoms with van der Waals surface area (Å²) >= 11 is 0. The molecule has 0 saturated carbocycles. The number of carbonyl (C=O) groups is 1. The van der Waals surface area contributed by atoms with Crippen LogP contribution in [0.5, 0.6) is 11.5 Å². The fourth-order valence-electron chi connectivity index (χ4n) is 2.95. The van der Waals surface area contributed by atoms with Gasteiger partial charge in [-0.05, 0) is 38.8 Å². The van der Waals surface area contributed by atoms with Gasteiger partial charge in [0.05, 0.1) is 24.7 Å². The summed E-state index contributed by atoms with van der Waals surface area (Å²) in [5.74, 6) is 0.566. The number of likely N-dealkylation sites (tertiary alicyclic amines) is 1. The number of halogens is 1. The van der Waals surface area contributed by atoms with E-state index in [0.29, 0.717) is 37.8 Å². The Labute approximate surface area is 166 Å². The molecule has 1 fully saturated rings. The number of rotatable bonds is 9. The van der Waals surface area contributed by atoms with Crippen molar-refractivity contribution in [3.05, 3.63) is 18.2 Å². The Hall–Kier alpha value is -1.55. The highest BCUT2D eigenvalue weighted by Gasteiger charge is 2.28. The second-order valence-electron chi connectivity index (χ2n) is 5.92. The third-order valence-corrected chi connectivity index (χ3v) is 5.61. The maximum absolute atomic E-state index is 12.5. The fraction of sp³-hybridized carbons (Fsp3) is 0.588. The van der Waals surface area contributed by atoms with Crippen molar-refractivity contribution in [3.8, 4) is 11.5 Å². The molecule has 0 spiro atoms. The number of hydrogen-bond donors (Lipinski definition) is 2. The standard InChI is InChI=1S/C17H27N3O5S.ClH/c1-3-24-15-8-7-14(10-16(15)25-4-2)26(22,23)19-12-17(21)20-9-5-6-13(20)11-18;/h7-8,10,13,19H,3-6,9,11-12,18H2,1-2H3;1H. The number of sulfonamides is 1. The van der Waals surface area contributed by atoms with Crippen LogP contribution in [-0.2, 0) is 14.8 Å². The van der Waals surface area contributed by atoms with Gasteiger partial charge in [0, 0.05) is 25.2 Å². The van der Waals surface area contributed by atoms with Gasteiger partial charge in [-0.3, -0.25) is 4.79 Å². The predicted molar refractivity (Wildman–Crippen MR) is 105 cm³/mol. The molecule has 10 heteroatoms. The quantitative estimate of drug-likeness (QED) is 0.618. The summed E-state index contributed by atoms with van der Waals surface area (Å²) in [6, 6.07) is 4.37. The summed E-state index contributed by atoms with van der Waals surface area (Å²) in [6.07, 6.45) is 1.74. The van der Waals surface area contributed by atoms with E-state index in [2.05, 4.69) is 4.72 Å². The van der Waals surface area contributed by atoms with Gasteiger partial charge >= 0.3 is 0 Å². The Bertz CT molecular complexity index is 729. The topological polar surface area (TPSA) is 111 Å². The minimum absolute atomic E-state index is 0. The average molecular weight is 422 g/mol. The summed E-state index contributed by atoms with van der Waals surface area (Å²) in [5.41, 5.74) is 5.66. The normalized spacial score (nSPS) is 16.7. The lowest BCUT2D eigenvalue weighted by Gasteiger charge is -2.23. The smallest absolute Gasteiger partial charge is 0.241 e. The molecule has 1 aliphatic heterocycles. The van der Waals surface area contributed by atoms with Gasteiger partial charge in [-0.2, -0.15) is 0 Å². The van der Waals surface area contributed by atoms with E-state index in [-0.39, 0.29) is 35.8 Å². The summed E-state index contributed by atoms with van der Waals surface area (Å²) in [7, 11) is -3.85. The average Bonchev–Trinajstić information content (AvgIpc) is 3.10. The number of nitrogens with zero attached hydrogens (tertiary/aromatic N) is 1. The number of nitrogens with two attached hydrogens (primary N) is 1. The first-order valence-electron chi connectivity index (χ1n) is 8.81. The van der Waals surface area contributed by atoms with E-state index in [0.717, 1.165) is 12.8 Å². The van der Waals surface area contributed by atoms with Crippen molar-refractivity contribution >= 4 is 28.3 Å². The van der Waals surface area contributed by atoms with Crippen LogP contribution >= 0.6 is 12.4 Å². The molecule has 1 unspecified atom stereocenters. The third-order valence-electron chi connectivity index (χ3n) is 4.21. The predicted octanol–water partition coefficient (Wildman–Crippen LogP) is 1.13. The fourth-order valence-corrected chi connectivity index (χ4v) is 3.94. The first-order chi connectivity index (χ1) is 12.4. The molecule has 154 valence electrons. The number of nitrogens with one attached hydrogen (secondary N) is 1. The van der Waals surface area contributed by atoms with E-state index in [1.165, 1.54) is 12.1 Å². The Kier molecular flexibility index (Phi) is 9.31. The Morgan fingerprint density at radius 1 is 1.26 bits per heavy atom. The molecule has 0 aromatic heterocycles. The van der Waals surface area contributed by atoms with Gasteiger partial charge in [-0.25, -0.2) is 13.1 Å². The SMILES string of the molecule is CCOc1ccc(S(=O)(=O)NCC(=O)N2CCCC2CN)cc1OCC.Cl. The van der Waals surface area contributed by atoms with E-state index < -0.39 is 10.0 Å². The monoisotopic (exact) mass is 421 g/mol. The van der Waals surface area contributed by atoms with Gasteiger partial charge in [-0.15, -0.1) is 12.4 Å². The zero-order valence-electron chi connectivity index (χ0n) is 15.6. The first kappa shape index (κ1) is 23.5. The molecule has 0 aliphatic carbocycles. The van der Waals surface area contributed by atoms with Crippen molar-refractivity contribution in [2.75, 3.05) is 32.8 Å². The number of carbonyl (C=O) groups excluding carboxylic acids is 1. The zero-order valence-corrected chi connectivity index (χ0v) is 17.3. The van der Waals surface area contributed by atoms with E-state index in [9.17, 15) is 13.2 Å². The van der Waals surface area contributed by atoms with Crippen LogP contribution in [0.15, 0.2) is 23.1 Å². The first-order valence-corrected chi connectivity index (χ1v) is 10.3. The Balaban J connectivity index is 0.00000364. The van der Waals surface area contributed by atoms with Crippen molar-refractivity contribution in [3.63, 3.8) is 0 Å². The van der Waals surface area contributed by atoms with Crippen LogP contribution < -0.4 is 19.9 Å². The van der Waals surface area contributed by atoms with E-state index in [4.69, 9.17) is 15.2 Å². The van der Waals surface area contributed by atoms with Gasteiger partial charge in [-0.1, -0.05) is 0 Å². The van der Waals surface area contributed by atoms with Crippen LogP contribution in [0.25, 0.3) is 0 Å². The maximum Gasteiger partial charge on any atom is 0.241 e. The molecule has 8 nitrogen and oxygen atoms in total. The largest absolute Gasteiger partial charge is 0.490 e. The highest BCUT2D eigenvalue weighted by Crippen LogP contribution is 2.30. The zero-order chi connectivity index (χ0) is 19.2. The van der Waals surface area contributed by atoms with Crippen molar-refractivity contribution in [2.24, 2.45) is 5.73 Å². The summed E-state index contributed by atoms with van der Waals surface area (Å²) in [5, 5.41) is 0. The molecule has 0 radical (unpaired) electrons. The molecule has 1 aliphatic rings. The van der Waals surface area contributed by atoms with Crippen LogP contribution in [0, 0.1) is 0 Å². The number of amides is 1. The molecular weight excluding hydrogens is 394 g/mol. The van der Waals surface area contributed by atoms with Gasteiger partial charge in [0.2, 0.25) is 15.9 Å². The molecule has 1 heterocycles. The van der Waals surface area contributed by atoms with Crippen LogP contribution in [0.2, 0.25) is 0 Å². The van der Waals surface area contributed by atoms with E-state index >= 15 is 0 Å². The van der Waals surface area contributed by atoms with Gasteiger partial charge < -0.3 is 20.1 Å². The highest BCUT2D eigenvalue weighted by atomic mass is 35.5. The molecule has 1 aromatic carbocycles. The number of ether oxygens (including phenoxy) is 2. The molecule has 1 saturated heterocycles. The molecule has 1 atom stereocenters. The van der Waals surface area contributed by atoms with Gasteiger partial charge in [0.1, 0.15) is 0 Å². The van der Waals surface area contributed by atoms with Crippen LogP contribution in [-0.4, -0.2) is 58.1 Å². The number of hydrogen-bond acceptors (Lipinski definition) is 6. The van der Waals surface area contributed by atoms with Crippen LogP contribution in [0.4, 0.5) is 0 Å². The molecule has 27 heavy (non-hydrogen) atoms. The van der Waals surface area contributed by atoms with E-state index in [1.807, 2.05) is 6.92 Å². The molecule has 3 N–H and O–H groups in total. The molecule has 0 bridgehead atoms. The lowest BCUT2D eigenvalue weighted by Crippen LogP contribution is -2.45. The van der Waals surface area contributed by atoms with Gasteiger partial charge in [0.25, 0.3) is 0 Å². The lowest BCUT2D eigenvalue weighted by molar-refractivity contribution is -0.130. The van der Waals surface area contributed by atoms with Gasteiger partial charge in [0.15, 0.2) is 11.5 Å². The second-order valence-corrected chi connectivity index (χ2v) is 7.68.